The molecule has 3 aromatic carbocycles. The molecule has 384 valence electrons. The minimum atomic E-state index is -1.07. The maximum atomic E-state index is 14.1. The zero-order chi connectivity index (χ0) is 52.8. The zero-order valence-electron chi connectivity index (χ0n) is 40.1. The van der Waals surface area contributed by atoms with E-state index in [9.17, 15) is 60.2 Å². The maximum absolute atomic E-state index is 14.1. The molecular weight excluding hydrogens is 963 g/mol. The van der Waals surface area contributed by atoms with Crippen LogP contribution >= 0.6 is 0 Å². The fourth-order valence-electron chi connectivity index (χ4n) is 9.00. The fourth-order valence-corrected chi connectivity index (χ4v) is 9.00. The van der Waals surface area contributed by atoms with Gasteiger partial charge >= 0.3 is 0 Å². The van der Waals surface area contributed by atoms with Crippen LogP contribution in [0.5, 0.6) is 11.5 Å². The van der Waals surface area contributed by atoms with Gasteiger partial charge in [-0.05, 0) is 29.5 Å². The first-order valence-corrected chi connectivity index (χ1v) is 23.5. The quantitative estimate of drug-likeness (QED) is 0.0902. The molecule has 73 heavy (non-hydrogen) atoms. The Morgan fingerprint density at radius 1 is 0.644 bits per heavy atom. The molecule has 20 heteroatoms. The van der Waals surface area contributed by atoms with E-state index in [-0.39, 0.29) is 78.4 Å². The van der Waals surface area contributed by atoms with Crippen LogP contribution in [-0.4, -0.2) is 86.2 Å². The molecule has 0 radical (unpaired) electrons. The summed E-state index contributed by atoms with van der Waals surface area (Å²) in [7, 11) is 0. The van der Waals surface area contributed by atoms with Gasteiger partial charge in [0.25, 0.3) is 23.6 Å². The van der Waals surface area contributed by atoms with Gasteiger partial charge in [0.15, 0.2) is 22.9 Å². The second kappa shape index (κ2) is 22.7. The van der Waals surface area contributed by atoms with Crippen LogP contribution in [0, 0.1) is 35.1 Å². The molecule has 4 amide bonds. The molecule has 0 saturated carbocycles. The number of amides is 4. The van der Waals surface area contributed by atoms with Crippen molar-refractivity contribution in [3.63, 3.8) is 0 Å². The second-order valence-corrected chi connectivity index (χ2v) is 17.5. The van der Waals surface area contributed by atoms with E-state index in [1.807, 2.05) is 39.8 Å². The van der Waals surface area contributed by atoms with Crippen LogP contribution in [-0.2, 0) is 19.7 Å². The lowest BCUT2D eigenvalue weighted by atomic mass is 9.98. The SMILES string of the molecule is CC.C[C@@H]1C=C[C@H](CF)N2C[C@H]1n1cc(C(=O)NCc3ccc(F)cc3F)c(=O)c(O)c1C2=O.C[C@@H]1C=C[C@H](CF)N2C[C@H]1n1cc(C(=O)NCc3ccc(F)cc3F)c(=O)c(OCc3ccccc3)c1C2=O. The van der Waals surface area contributed by atoms with Crippen molar-refractivity contribution in [2.24, 2.45) is 11.8 Å². The lowest BCUT2D eigenvalue weighted by molar-refractivity contribution is 0.0567. The first-order valence-electron chi connectivity index (χ1n) is 23.5. The number of nitrogens with one attached hydrogen (secondary N) is 2. The van der Waals surface area contributed by atoms with Crippen LogP contribution < -0.4 is 26.2 Å². The highest BCUT2D eigenvalue weighted by Crippen LogP contribution is 2.37. The van der Waals surface area contributed by atoms with Gasteiger partial charge in [0, 0.05) is 61.8 Å². The molecule has 4 bridgehead atoms. The van der Waals surface area contributed by atoms with Crippen molar-refractivity contribution in [2.75, 3.05) is 26.4 Å². The van der Waals surface area contributed by atoms with E-state index in [1.54, 1.807) is 47.1 Å². The minimum absolute atomic E-state index is 0.00708. The molecule has 0 fully saturated rings. The van der Waals surface area contributed by atoms with Crippen LogP contribution in [0.2, 0.25) is 0 Å². The summed E-state index contributed by atoms with van der Waals surface area (Å²) in [6.45, 7) is 5.80. The third-order valence-electron chi connectivity index (χ3n) is 13.0. The molecule has 2 aromatic heterocycles. The Kier molecular flexibility index (Phi) is 16.4. The number of allylic oxidation sites excluding steroid dienone is 2. The van der Waals surface area contributed by atoms with Crippen LogP contribution in [0.25, 0.3) is 0 Å². The average Bonchev–Trinajstić information content (AvgIpc) is 3.63. The standard InChI is InChI=1S/C29H26F3N3O4.C22H20F3N3O4.C2H6/c1-17-7-10-21(12-30)34-15-24(17)35-14-22(28(37)33-13-19-8-9-20(31)11-23(19)32)26(36)27(25(35)29(34)38)39-16-18-5-3-2-4-6-18;1-11-2-5-14(7-23)27-10-17(11)28-9-15(19(29)20(30)18(28)22(27)32)21(31)26-8-12-3-4-13(24)6-16(12)25;1-2/h2-11,14,17,21,24H,12-13,15-16H2,1H3,(H,33,37);2-6,9,11,14,17,30H,7-8,10H2,1H3,(H,26,31);1-2H3/t17-,21-,24-;11-,14-,17-;/m11./s1. The van der Waals surface area contributed by atoms with E-state index in [0.717, 1.165) is 23.8 Å². The predicted molar refractivity (Wildman–Crippen MR) is 257 cm³/mol. The van der Waals surface area contributed by atoms with Gasteiger partial charge < -0.3 is 39.4 Å². The Bertz CT molecular complexity index is 3110. The number of ether oxygens (including phenoxy) is 1. The number of hydrogen-bond donors (Lipinski definition) is 3. The molecule has 6 heterocycles. The number of benzene rings is 3. The van der Waals surface area contributed by atoms with E-state index in [2.05, 4.69) is 10.6 Å². The molecule has 0 saturated heterocycles. The summed E-state index contributed by atoms with van der Waals surface area (Å²) in [4.78, 5) is 81.3. The normalized spacial score (nSPS) is 20.2. The van der Waals surface area contributed by atoms with Crippen molar-refractivity contribution in [1.29, 1.82) is 0 Å². The van der Waals surface area contributed by atoms with E-state index >= 15 is 0 Å². The van der Waals surface area contributed by atoms with Crippen LogP contribution in [0.15, 0.2) is 113 Å². The third-order valence-corrected chi connectivity index (χ3v) is 13.0. The van der Waals surface area contributed by atoms with Crippen molar-refractivity contribution in [3.05, 3.63) is 186 Å². The number of nitrogens with zero attached hydrogens (tertiary/aromatic N) is 4. The summed E-state index contributed by atoms with van der Waals surface area (Å²) < 4.78 is 90.4. The van der Waals surface area contributed by atoms with E-state index in [1.165, 1.54) is 32.8 Å². The van der Waals surface area contributed by atoms with Crippen molar-refractivity contribution in [2.45, 2.75) is 71.6 Å². The molecule has 4 aliphatic rings. The van der Waals surface area contributed by atoms with Gasteiger partial charge in [-0.2, -0.15) is 0 Å². The smallest absolute Gasteiger partial charge is 0.275 e. The number of halogens is 6. The number of hydrogen-bond acceptors (Lipinski definition) is 8. The number of aromatic nitrogens is 2. The highest BCUT2D eigenvalue weighted by molar-refractivity contribution is 6.00. The number of fused-ring (bicyclic) bond motifs is 8. The summed E-state index contributed by atoms with van der Waals surface area (Å²) in [5, 5.41) is 15.4. The topological polar surface area (TPSA) is 172 Å². The molecule has 0 spiro atoms. The van der Waals surface area contributed by atoms with Gasteiger partial charge in [0.2, 0.25) is 10.9 Å². The van der Waals surface area contributed by atoms with Crippen molar-refractivity contribution in [3.8, 4) is 11.5 Å². The largest absolute Gasteiger partial charge is 0.503 e. The molecule has 4 aliphatic heterocycles. The van der Waals surface area contributed by atoms with Gasteiger partial charge in [0.05, 0.1) is 24.2 Å². The molecule has 6 atom stereocenters. The lowest BCUT2D eigenvalue weighted by Crippen LogP contribution is -2.50. The van der Waals surface area contributed by atoms with Crippen LogP contribution in [0.3, 0.4) is 0 Å². The highest BCUT2D eigenvalue weighted by atomic mass is 19.2. The predicted octanol–water partition coefficient (Wildman–Crippen LogP) is 7.51. The Morgan fingerprint density at radius 2 is 1.10 bits per heavy atom. The second-order valence-electron chi connectivity index (χ2n) is 17.5. The summed E-state index contributed by atoms with van der Waals surface area (Å²) in [5.74, 6) is -7.77. The summed E-state index contributed by atoms with van der Waals surface area (Å²) >= 11 is 0. The van der Waals surface area contributed by atoms with Gasteiger partial charge in [-0.25, -0.2) is 26.3 Å². The number of pyridine rings is 2. The van der Waals surface area contributed by atoms with E-state index < -0.39 is 107 Å². The first kappa shape index (κ1) is 52.9. The molecule has 0 aliphatic carbocycles. The zero-order valence-corrected chi connectivity index (χ0v) is 40.1. The number of carbonyl (C=O) groups excluding carboxylic acids is 4. The molecule has 0 unspecified atom stereocenters. The summed E-state index contributed by atoms with van der Waals surface area (Å²) in [6.07, 6.45) is 9.29. The molecular formula is C53H52F6N6O8. The van der Waals surface area contributed by atoms with Crippen molar-refractivity contribution >= 4 is 23.6 Å². The monoisotopic (exact) mass is 1010 g/mol. The Hall–Kier alpha value is -7.90. The summed E-state index contributed by atoms with van der Waals surface area (Å²) in [5.41, 5.74) is -2.20. The van der Waals surface area contributed by atoms with Crippen molar-refractivity contribution < 1.29 is 55.4 Å². The van der Waals surface area contributed by atoms with Crippen LogP contribution in [0.1, 0.15) is 98.2 Å². The van der Waals surface area contributed by atoms with Crippen LogP contribution in [0.4, 0.5) is 26.3 Å². The first-order chi connectivity index (χ1) is 35.0. The van der Waals surface area contributed by atoms with Crippen molar-refractivity contribution in [1.82, 2.24) is 29.6 Å². The average molecular weight is 1020 g/mol. The van der Waals surface area contributed by atoms with E-state index in [4.69, 9.17) is 4.74 Å². The molecule has 3 N–H and O–H groups in total. The number of alkyl halides is 2. The highest BCUT2D eigenvalue weighted by Gasteiger charge is 2.43. The molecule has 9 rings (SSSR count). The number of aromatic hydroxyl groups is 1. The Labute approximate surface area is 415 Å². The van der Waals surface area contributed by atoms with Gasteiger partial charge in [-0.1, -0.05) is 94.5 Å². The van der Waals surface area contributed by atoms with Gasteiger partial charge in [-0.15, -0.1) is 0 Å². The molecule has 14 nitrogen and oxygen atoms in total. The Morgan fingerprint density at radius 3 is 1.56 bits per heavy atom. The van der Waals surface area contributed by atoms with Gasteiger partial charge in [-0.3, -0.25) is 28.8 Å². The lowest BCUT2D eigenvalue weighted by Gasteiger charge is -2.39. The molecule has 5 aromatic rings. The minimum Gasteiger partial charge on any atom is -0.503 e. The maximum Gasteiger partial charge on any atom is 0.275 e. The third kappa shape index (κ3) is 10.8. The fraction of sp³-hybridized carbons (Fsp3) is 0.321. The summed E-state index contributed by atoms with van der Waals surface area (Å²) in [6, 6.07) is 12.4. The van der Waals surface area contributed by atoms with Gasteiger partial charge in [0.1, 0.15) is 54.4 Å². The Balaban J connectivity index is 0.000000211. The number of rotatable bonds is 11. The van der Waals surface area contributed by atoms with E-state index in [0.29, 0.717) is 12.1 Å². The number of carbonyl (C=O) groups is 4.